The molecule has 2 rings (SSSR count). The Morgan fingerprint density at radius 2 is 1.82 bits per heavy atom. The molecule has 0 aliphatic heterocycles. The van der Waals surface area contributed by atoms with Crippen LogP contribution in [0.4, 0.5) is 0 Å². The van der Waals surface area contributed by atoms with Crippen molar-refractivity contribution in [1.82, 2.24) is 0 Å². The lowest BCUT2D eigenvalue weighted by molar-refractivity contribution is -0.143. The van der Waals surface area contributed by atoms with E-state index in [0.29, 0.717) is 11.5 Å². The van der Waals surface area contributed by atoms with Gasteiger partial charge in [-0.3, -0.25) is 4.79 Å². The third-order valence-electron chi connectivity index (χ3n) is 3.22. The smallest absolute Gasteiger partial charge is 0.316 e. The number of hydrogen-bond donors (Lipinski definition) is 1. The Bertz CT molecular complexity index is 638. The second-order valence-electron chi connectivity index (χ2n) is 4.66. The maximum Gasteiger partial charge on any atom is 0.316 e. The number of phenolic OH excluding ortho intramolecular Hbond substituents is 1. The fraction of sp³-hybridized carbons (Fsp3) is 0.235. The van der Waals surface area contributed by atoms with E-state index >= 15 is 0 Å². The molecule has 22 heavy (non-hydrogen) atoms. The van der Waals surface area contributed by atoms with Crippen LogP contribution in [-0.4, -0.2) is 31.9 Å². The van der Waals surface area contributed by atoms with E-state index in [0.717, 1.165) is 5.56 Å². The van der Waals surface area contributed by atoms with Crippen LogP contribution in [0.1, 0.15) is 11.5 Å². The van der Waals surface area contributed by atoms with Crippen LogP contribution < -0.4 is 9.47 Å². The zero-order chi connectivity index (χ0) is 15.9. The van der Waals surface area contributed by atoms with E-state index in [4.69, 9.17) is 14.2 Å². The zero-order valence-electron chi connectivity index (χ0n) is 12.5. The van der Waals surface area contributed by atoms with Gasteiger partial charge in [0.2, 0.25) is 0 Å². The minimum atomic E-state index is -0.581. The van der Waals surface area contributed by atoms with Crippen LogP contribution in [0.2, 0.25) is 0 Å². The largest absolute Gasteiger partial charge is 0.508 e. The number of hydrogen-bond acceptors (Lipinski definition) is 5. The fourth-order valence-electron chi connectivity index (χ4n) is 2.05. The zero-order valence-corrected chi connectivity index (χ0v) is 12.5. The summed E-state index contributed by atoms with van der Waals surface area (Å²) in [7, 11) is 2.90. The average molecular weight is 302 g/mol. The van der Waals surface area contributed by atoms with Crippen molar-refractivity contribution in [3.05, 3.63) is 54.1 Å². The van der Waals surface area contributed by atoms with Gasteiger partial charge in [-0.2, -0.15) is 0 Å². The fourth-order valence-corrected chi connectivity index (χ4v) is 2.05. The molecule has 2 aromatic rings. The monoisotopic (exact) mass is 302 g/mol. The number of carbonyl (C=O) groups is 1. The standard InChI is InChI=1S/C17H18O5/c1-20-14-7-3-5-12(9-14)16(17(19)21-2)11-22-15-8-4-6-13(18)10-15/h3-10,16,18H,11H2,1-2H3. The summed E-state index contributed by atoms with van der Waals surface area (Å²) in [6.45, 7) is 0.100. The normalized spacial score (nSPS) is 11.5. The van der Waals surface area contributed by atoms with Crippen LogP contribution in [0.25, 0.3) is 0 Å². The molecule has 1 N–H and O–H groups in total. The van der Waals surface area contributed by atoms with Crippen LogP contribution >= 0.6 is 0 Å². The first-order chi connectivity index (χ1) is 10.6. The number of benzene rings is 2. The van der Waals surface area contributed by atoms with Crippen molar-refractivity contribution in [2.75, 3.05) is 20.8 Å². The summed E-state index contributed by atoms with van der Waals surface area (Å²) < 4.78 is 15.6. The third kappa shape index (κ3) is 3.91. The number of methoxy groups -OCH3 is 2. The first-order valence-corrected chi connectivity index (χ1v) is 6.77. The molecule has 0 aliphatic carbocycles. The number of ether oxygens (including phenoxy) is 3. The maximum atomic E-state index is 12.0. The van der Waals surface area contributed by atoms with Crippen molar-refractivity contribution in [2.24, 2.45) is 0 Å². The number of esters is 1. The second-order valence-corrected chi connectivity index (χ2v) is 4.66. The molecule has 0 amide bonds. The van der Waals surface area contributed by atoms with Crippen molar-refractivity contribution in [3.63, 3.8) is 0 Å². The second kappa shape index (κ2) is 7.36. The molecular formula is C17H18O5. The summed E-state index contributed by atoms with van der Waals surface area (Å²) in [5, 5.41) is 9.43. The highest BCUT2D eigenvalue weighted by atomic mass is 16.5. The molecule has 0 radical (unpaired) electrons. The number of rotatable bonds is 6. The molecule has 5 nitrogen and oxygen atoms in total. The molecule has 0 saturated heterocycles. The Morgan fingerprint density at radius 1 is 1.09 bits per heavy atom. The maximum absolute atomic E-state index is 12.0. The van der Waals surface area contributed by atoms with Crippen LogP contribution in [0, 0.1) is 0 Å². The summed E-state index contributed by atoms with van der Waals surface area (Å²) in [4.78, 5) is 12.0. The van der Waals surface area contributed by atoms with E-state index in [1.54, 1.807) is 43.5 Å². The van der Waals surface area contributed by atoms with Gasteiger partial charge in [-0.25, -0.2) is 0 Å². The molecule has 5 heteroatoms. The van der Waals surface area contributed by atoms with Gasteiger partial charge in [0.25, 0.3) is 0 Å². The van der Waals surface area contributed by atoms with Gasteiger partial charge in [-0.15, -0.1) is 0 Å². The molecule has 0 aromatic heterocycles. The summed E-state index contributed by atoms with van der Waals surface area (Å²) in [6.07, 6.45) is 0. The highest BCUT2D eigenvalue weighted by Crippen LogP contribution is 2.24. The minimum Gasteiger partial charge on any atom is -0.508 e. The van der Waals surface area contributed by atoms with Crippen LogP contribution in [0.5, 0.6) is 17.2 Å². The Labute approximate surface area is 129 Å². The molecule has 0 bridgehead atoms. The summed E-state index contributed by atoms with van der Waals surface area (Å²) in [6, 6.07) is 13.6. The van der Waals surface area contributed by atoms with Gasteiger partial charge >= 0.3 is 5.97 Å². The molecule has 0 saturated carbocycles. The average Bonchev–Trinajstić information content (AvgIpc) is 2.55. The van der Waals surface area contributed by atoms with E-state index in [2.05, 4.69) is 0 Å². The van der Waals surface area contributed by atoms with Crippen molar-refractivity contribution < 1.29 is 24.1 Å². The van der Waals surface area contributed by atoms with Gasteiger partial charge in [0.05, 0.1) is 14.2 Å². The van der Waals surface area contributed by atoms with Crippen LogP contribution in [0.15, 0.2) is 48.5 Å². The highest BCUT2D eigenvalue weighted by molar-refractivity contribution is 5.78. The Hall–Kier alpha value is -2.69. The van der Waals surface area contributed by atoms with Crippen LogP contribution in [-0.2, 0) is 9.53 Å². The molecule has 0 fully saturated rings. The lowest BCUT2D eigenvalue weighted by atomic mass is 10.00. The highest BCUT2D eigenvalue weighted by Gasteiger charge is 2.23. The van der Waals surface area contributed by atoms with Gasteiger partial charge < -0.3 is 19.3 Å². The Kier molecular flexibility index (Phi) is 5.25. The Morgan fingerprint density at radius 3 is 2.50 bits per heavy atom. The van der Waals surface area contributed by atoms with Crippen LogP contribution in [0.3, 0.4) is 0 Å². The van der Waals surface area contributed by atoms with Crippen molar-refractivity contribution >= 4 is 5.97 Å². The topological polar surface area (TPSA) is 65.0 Å². The molecular weight excluding hydrogens is 284 g/mol. The van der Waals surface area contributed by atoms with E-state index in [-0.39, 0.29) is 12.4 Å². The third-order valence-corrected chi connectivity index (χ3v) is 3.22. The summed E-state index contributed by atoms with van der Waals surface area (Å²) in [5.74, 6) is 0.268. The van der Waals surface area contributed by atoms with E-state index < -0.39 is 11.9 Å². The van der Waals surface area contributed by atoms with Crippen molar-refractivity contribution in [1.29, 1.82) is 0 Å². The van der Waals surface area contributed by atoms with Gasteiger partial charge in [0, 0.05) is 6.07 Å². The van der Waals surface area contributed by atoms with Gasteiger partial charge in [-0.05, 0) is 29.8 Å². The quantitative estimate of drug-likeness (QED) is 0.831. The van der Waals surface area contributed by atoms with E-state index in [1.807, 2.05) is 6.07 Å². The predicted molar refractivity (Wildman–Crippen MR) is 81.4 cm³/mol. The number of carbonyl (C=O) groups excluding carboxylic acids is 1. The molecule has 2 aromatic carbocycles. The number of phenols is 1. The van der Waals surface area contributed by atoms with E-state index in [1.165, 1.54) is 13.2 Å². The van der Waals surface area contributed by atoms with Crippen molar-refractivity contribution in [2.45, 2.75) is 5.92 Å². The van der Waals surface area contributed by atoms with E-state index in [9.17, 15) is 9.90 Å². The van der Waals surface area contributed by atoms with Gasteiger partial charge in [-0.1, -0.05) is 18.2 Å². The first kappa shape index (κ1) is 15.7. The SMILES string of the molecule is COC(=O)C(COc1cccc(O)c1)c1cccc(OC)c1. The molecule has 0 spiro atoms. The van der Waals surface area contributed by atoms with Gasteiger partial charge in [0.1, 0.15) is 29.8 Å². The lowest BCUT2D eigenvalue weighted by Crippen LogP contribution is -2.21. The lowest BCUT2D eigenvalue weighted by Gasteiger charge is -2.17. The van der Waals surface area contributed by atoms with Gasteiger partial charge in [0.15, 0.2) is 0 Å². The first-order valence-electron chi connectivity index (χ1n) is 6.77. The minimum absolute atomic E-state index is 0.100. The Balaban J connectivity index is 2.17. The molecule has 1 atom stereocenters. The number of aromatic hydroxyl groups is 1. The van der Waals surface area contributed by atoms with Crippen molar-refractivity contribution in [3.8, 4) is 17.2 Å². The predicted octanol–water partition coefficient (Wildman–Crippen LogP) is 2.74. The molecule has 0 aliphatic rings. The summed E-state index contributed by atoms with van der Waals surface area (Å²) in [5.41, 5.74) is 0.742. The molecule has 116 valence electrons. The summed E-state index contributed by atoms with van der Waals surface area (Å²) >= 11 is 0. The molecule has 0 heterocycles. The molecule has 1 unspecified atom stereocenters.